The topological polar surface area (TPSA) is 272 Å². The summed E-state index contributed by atoms with van der Waals surface area (Å²) in [5, 5.41) is 0. The normalized spacial score (nSPS) is 19.4. The van der Waals surface area contributed by atoms with Crippen LogP contribution in [0.25, 0.3) is 0 Å². The van der Waals surface area contributed by atoms with Crippen molar-refractivity contribution in [2.45, 2.75) is 168 Å². The van der Waals surface area contributed by atoms with Crippen molar-refractivity contribution in [3.05, 3.63) is 72.8 Å². The Hall–Kier alpha value is -7.26. The molecule has 0 N–H and O–H groups in total. The molecule has 0 aliphatic heterocycles. The zero-order chi connectivity index (χ0) is 63.2. The summed E-state index contributed by atoms with van der Waals surface area (Å²) in [6.07, 6.45) is 14.0. The van der Waals surface area contributed by atoms with E-state index in [4.69, 9.17) is 47.4 Å². The van der Waals surface area contributed by atoms with Gasteiger partial charge in [0.05, 0.1) is 80.4 Å². The molecule has 21 nitrogen and oxygen atoms in total. The van der Waals surface area contributed by atoms with Crippen LogP contribution in [-0.4, -0.2) is 120 Å². The molecular weight excluding hydrogens is 1120 g/mol. The number of unbranched alkanes of at least 4 members (excludes halogenated alkanes) is 2. The minimum atomic E-state index is -0.775. The van der Waals surface area contributed by atoms with Crippen molar-refractivity contribution in [2.24, 2.45) is 35.5 Å². The standard InChI is InChI=1S/C49H62O17.C13H22O4.C3H6/c1-6-44(52)60-25-7-8-26-61-45(53)33-12-14-36(15-13-33)48(56)66-43-23-21-37(28-39(43)41(51)11-9-10-31(2)58-4)64-46(54)34-16-18-35(19-17-34)47(55)65-38-20-22-42(63-30-50)40(29-38)49(57)62-27-24-32(3)59-5;1-11-4-6-12(7-5-11)13(15)17-9-3-2-8-16-10-14;1-3-2/h6,20-23,28-36H,1,7-19,24-27H2,2-5H3;10-12H,2-9H2,1H3;3H,1H2,2H3. The first-order valence-corrected chi connectivity index (χ1v) is 30.0. The smallest absolute Gasteiger partial charge is 0.342 e. The molecule has 3 aliphatic rings. The molecule has 476 valence electrons. The predicted molar refractivity (Wildman–Crippen MR) is 314 cm³/mol. The largest absolute Gasteiger partial charge is 0.468 e. The van der Waals surface area contributed by atoms with Gasteiger partial charge in [0.2, 0.25) is 0 Å². The summed E-state index contributed by atoms with van der Waals surface area (Å²) in [7, 11) is 3.12. The van der Waals surface area contributed by atoms with Crippen molar-refractivity contribution in [1.29, 1.82) is 0 Å². The van der Waals surface area contributed by atoms with Gasteiger partial charge in [0.1, 0.15) is 28.6 Å². The fourth-order valence-corrected chi connectivity index (χ4v) is 9.65. The van der Waals surface area contributed by atoms with Crippen LogP contribution >= 0.6 is 0 Å². The molecule has 0 spiro atoms. The van der Waals surface area contributed by atoms with Crippen molar-refractivity contribution in [3.63, 3.8) is 0 Å². The van der Waals surface area contributed by atoms with Crippen LogP contribution in [0, 0.1) is 35.5 Å². The van der Waals surface area contributed by atoms with Gasteiger partial charge in [-0.1, -0.05) is 19.6 Å². The highest BCUT2D eigenvalue weighted by atomic mass is 16.6. The number of rotatable bonds is 33. The molecule has 3 aliphatic carbocycles. The average molecular weight is 1210 g/mol. The second kappa shape index (κ2) is 41.7. The minimum absolute atomic E-state index is 0.0375. The lowest BCUT2D eigenvalue weighted by molar-refractivity contribution is -0.152. The maximum atomic E-state index is 13.6. The predicted octanol–water partition coefficient (Wildman–Crippen LogP) is 10.8. The summed E-state index contributed by atoms with van der Waals surface area (Å²) in [4.78, 5) is 123. The molecule has 0 amide bonds. The molecule has 2 unspecified atom stereocenters. The van der Waals surface area contributed by atoms with Crippen molar-refractivity contribution in [3.8, 4) is 23.0 Å². The number of benzene rings is 2. The van der Waals surface area contributed by atoms with Gasteiger partial charge in [0.15, 0.2) is 5.78 Å². The fourth-order valence-electron chi connectivity index (χ4n) is 9.65. The van der Waals surface area contributed by atoms with E-state index < -0.39 is 47.6 Å². The van der Waals surface area contributed by atoms with Crippen molar-refractivity contribution < 1.29 is 100 Å². The molecule has 0 radical (unpaired) electrons. The molecule has 0 aromatic heterocycles. The van der Waals surface area contributed by atoms with Crippen molar-refractivity contribution >= 4 is 60.5 Å². The number of ketones is 1. The molecule has 2 aromatic carbocycles. The van der Waals surface area contributed by atoms with E-state index in [2.05, 4.69) is 24.8 Å². The Morgan fingerprint density at radius 3 is 1.42 bits per heavy atom. The highest BCUT2D eigenvalue weighted by molar-refractivity contribution is 6.00. The molecule has 21 heteroatoms. The Morgan fingerprint density at radius 2 is 0.942 bits per heavy atom. The lowest BCUT2D eigenvalue weighted by atomic mass is 9.82. The Balaban J connectivity index is 0.000000819. The van der Waals surface area contributed by atoms with Crippen LogP contribution in [0.2, 0.25) is 0 Å². The Labute approximate surface area is 505 Å². The molecule has 2 atom stereocenters. The number of hydrogen-bond donors (Lipinski definition) is 0. The second-order valence-electron chi connectivity index (χ2n) is 21.7. The van der Waals surface area contributed by atoms with E-state index in [9.17, 15) is 47.9 Å². The van der Waals surface area contributed by atoms with Gasteiger partial charge in [0.25, 0.3) is 12.9 Å². The number of carbonyl (C=O) groups excluding carboxylic acids is 10. The van der Waals surface area contributed by atoms with Crippen LogP contribution in [0.5, 0.6) is 23.0 Å². The summed E-state index contributed by atoms with van der Waals surface area (Å²) < 4.78 is 58.0. The van der Waals surface area contributed by atoms with Crippen LogP contribution < -0.4 is 18.9 Å². The van der Waals surface area contributed by atoms with E-state index in [-0.39, 0.29) is 109 Å². The number of ether oxygens (including phenoxy) is 11. The number of methoxy groups -OCH3 is 2. The lowest BCUT2D eigenvalue weighted by Gasteiger charge is -2.26. The van der Waals surface area contributed by atoms with E-state index in [1.807, 2.05) is 20.8 Å². The number of hydrogen-bond acceptors (Lipinski definition) is 21. The quantitative estimate of drug-likeness (QED) is 0.00938. The molecule has 3 saturated carbocycles. The van der Waals surface area contributed by atoms with Crippen LogP contribution in [0.4, 0.5) is 0 Å². The van der Waals surface area contributed by atoms with Gasteiger partial charge in [-0.05, 0) is 179 Å². The SMILES string of the molecule is C=CC.C=CC(=O)OCCCCOC(=O)C1CCC(C(=O)Oc2ccc(OC(=O)C3CCC(C(=O)Oc4ccc(OC=O)c(C(=O)OCCC(C)OC)c4)CC3)cc2C(=O)CCCC(C)OC)CC1.CC1CCC(C(=O)OCCCCOC=O)CC1. The summed E-state index contributed by atoms with van der Waals surface area (Å²) in [6.45, 7) is 16.4. The first-order valence-electron chi connectivity index (χ1n) is 30.0. The molecular formula is C65H90O21. The van der Waals surface area contributed by atoms with Gasteiger partial charge >= 0.3 is 41.8 Å². The Morgan fingerprint density at radius 1 is 0.512 bits per heavy atom. The molecule has 0 heterocycles. The van der Waals surface area contributed by atoms with E-state index in [0.29, 0.717) is 103 Å². The molecule has 0 saturated heterocycles. The van der Waals surface area contributed by atoms with Gasteiger partial charge < -0.3 is 52.1 Å². The van der Waals surface area contributed by atoms with Crippen LogP contribution in [-0.2, 0) is 71.5 Å². The summed E-state index contributed by atoms with van der Waals surface area (Å²) in [5.41, 5.74) is -0.0134. The third-order valence-electron chi connectivity index (χ3n) is 15.1. The first-order chi connectivity index (χ1) is 41.4. The summed E-state index contributed by atoms with van der Waals surface area (Å²) >= 11 is 0. The molecule has 5 rings (SSSR count). The lowest BCUT2D eigenvalue weighted by Crippen LogP contribution is -2.30. The first kappa shape index (κ1) is 73.0. The number of esters is 7. The van der Waals surface area contributed by atoms with Crippen LogP contribution in [0.1, 0.15) is 177 Å². The molecule has 2 aromatic rings. The zero-order valence-electron chi connectivity index (χ0n) is 51.1. The van der Waals surface area contributed by atoms with Gasteiger partial charge in [-0.2, -0.15) is 0 Å². The van der Waals surface area contributed by atoms with Gasteiger partial charge in [-0.25, -0.2) is 9.59 Å². The van der Waals surface area contributed by atoms with Gasteiger partial charge in [-0.15, -0.1) is 6.58 Å². The van der Waals surface area contributed by atoms with Gasteiger partial charge in [0, 0.05) is 33.1 Å². The van der Waals surface area contributed by atoms with Crippen molar-refractivity contribution in [1.82, 2.24) is 0 Å². The third kappa shape index (κ3) is 27.4. The third-order valence-corrected chi connectivity index (χ3v) is 15.1. The van der Waals surface area contributed by atoms with E-state index in [0.717, 1.165) is 50.5 Å². The van der Waals surface area contributed by atoms with Crippen LogP contribution in [0.3, 0.4) is 0 Å². The number of Topliss-reactive ketones (excluding diaryl/α,β-unsaturated/α-hetero) is 1. The maximum Gasteiger partial charge on any atom is 0.342 e. The monoisotopic (exact) mass is 1210 g/mol. The highest BCUT2D eigenvalue weighted by Crippen LogP contribution is 2.36. The summed E-state index contributed by atoms with van der Waals surface area (Å²) in [5.74, 6) is -4.61. The Kier molecular flexibility index (Phi) is 35.4. The highest BCUT2D eigenvalue weighted by Gasteiger charge is 2.35. The van der Waals surface area contributed by atoms with Gasteiger partial charge in [-0.3, -0.25) is 38.4 Å². The fraction of sp³-hybridized carbons (Fsp3) is 0.600. The van der Waals surface area contributed by atoms with Crippen molar-refractivity contribution in [2.75, 3.05) is 47.3 Å². The summed E-state index contributed by atoms with van der Waals surface area (Å²) in [6, 6.07) is 8.27. The number of carbonyl (C=O) groups is 10. The Bertz CT molecular complexity index is 2480. The molecule has 0 bridgehead atoms. The average Bonchev–Trinajstić information content (AvgIpc) is 2.83. The van der Waals surface area contributed by atoms with Crippen LogP contribution in [0.15, 0.2) is 61.7 Å². The van der Waals surface area contributed by atoms with E-state index in [1.54, 1.807) is 13.2 Å². The number of allylic oxidation sites excluding steroid dienone is 1. The maximum absolute atomic E-state index is 13.6. The zero-order valence-corrected chi connectivity index (χ0v) is 51.1. The van der Waals surface area contributed by atoms with E-state index in [1.165, 1.54) is 43.5 Å². The molecule has 86 heavy (non-hydrogen) atoms. The molecule has 3 fully saturated rings. The second-order valence-corrected chi connectivity index (χ2v) is 21.7. The van der Waals surface area contributed by atoms with E-state index >= 15 is 0 Å². The minimum Gasteiger partial charge on any atom is -0.468 e.